The van der Waals surface area contributed by atoms with Crippen LogP contribution < -0.4 is 11.1 Å². The van der Waals surface area contributed by atoms with Crippen molar-refractivity contribution in [1.82, 2.24) is 5.32 Å². The molecule has 1 unspecified atom stereocenters. The zero-order chi connectivity index (χ0) is 15.1. The summed E-state index contributed by atoms with van der Waals surface area (Å²) in [7, 11) is 0. The monoisotopic (exact) mass is 272 g/mol. The number of hydrogen-bond acceptors (Lipinski definition) is 3. The molecule has 0 spiro atoms. The molecule has 0 bridgehead atoms. The summed E-state index contributed by atoms with van der Waals surface area (Å²) in [4.78, 5) is 11.9. The Labute approximate surface area is 118 Å². The van der Waals surface area contributed by atoms with Gasteiger partial charge in [-0.25, -0.2) is 0 Å². The minimum Gasteiger partial charge on any atom is -0.394 e. The van der Waals surface area contributed by atoms with Crippen LogP contribution in [-0.4, -0.2) is 30.2 Å². The molecular formula is C15H32N2O2. The third-order valence-corrected chi connectivity index (χ3v) is 3.81. The van der Waals surface area contributed by atoms with E-state index in [1.165, 1.54) is 0 Å². The van der Waals surface area contributed by atoms with Crippen LogP contribution in [0.5, 0.6) is 0 Å². The van der Waals surface area contributed by atoms with E-state index in [1.807, 2.05) is 13.8 Å². The normalized spacial score (nSPS) is 15.4. The minimum atomic E-state index is -0.143. The Morgan fingerprint density at radius 1 is 1.26 bits per heavy atom. The van der Waals surface area contributed by atoms with Crippen LogP contribution in [0.1, 0.15) is 53.9 Å². The standard InChI is InChI=1S/C15H32N2O2/c1-11(2)13(10-18)17-14(19)7-6-12(8-9-16)15(3,4)5/h11-13,18H,6-10,16H2,1-5H3,(H,17,19)/t12?,13-/m1/s1. The van der Waals surface area contributed by atoms with Crippen LogP contribution >= 0.6 is 0 Å². The van der Waals surface area contributed by atoms with E-state index in [2.05, 4.69) is 26.1 Å². The molecule has 0 aliphatic carbocycles. The van der Waals surface area contributed by atoms with Crippen molar-refractivity contribution in [3.8, 4) is 0 Å². The number of nitrogens with two attached hydrogens (primary N) is 1. The van der Waals surface area contributed by atoms with E-state index < -0.39 is 0 Å². The first-order chi connectivity index (χ1) is 8.72. The average Bonchev–Trinajstić information content (AvgIpc) is 2.29. The first-order valence-corrected chi connectivity index (χ1v) is 7.32. The minimum absolute atomic E-state index is 0.00505. The largest absolute Gasteiger partial charge is 0.394 e. The molecule has 2 atom stereocenters. The summed E-state index contributed by atoms with van der Waals surface area (Å²) < 4.78 is 0. The number of nitrogens with one attached hydrogen (secondary N) is 1. The Morgan fingerprint density at radius 3 is 2.21 bits per heavy atom. The molecule has 0 fully saturated rings. The topological polar surface area (TPSA) is 75.3 Å². The fraction of sp³-hybridized carbons (Fsp3) is 0.933. The molecule has 4 N–H and O–H groups in total. The van der Waals surface area contributed by atoms with Gasteiger partial charge in [0.1, 0.15) is 0 Å². The van der Waals surface area contributed by atoms with Crippen LogP contribution in [0.3, 0.4) is 0 Å². The van der Waals surface area contributed by atoms with Crippen molar-refractivity contribution in [2.24, 2.45) is 23.0 Å². The summed E-state index contributed by atoms with van der Waals surface area (Å²) in [5.41, 5.74) is 5.82. The lowest BCUT2D eigenvalue weighted by Gasteiger charge is -2.30. The molecule has 0 aromatic carbocycles. The fourth-order valence-corrected chi connectivity index (χ4v) is 2.22. The van der Waals surface area contributed by atoms with Gasteiger partial charge in [0.15, 0.2) is 0 Å². The smallest absolute Gasteiger partial charge is 0.220 e. The Hall–Kier alpha value is -0.610. The van der Waals surface area contributed by atoms with Gasteiger partial charge in [0.05, 0.1) is 12.6 Å². The lowest BCUT2D eigenvalue weighted by molar-refractivity contribution is -0.122. The molecule has 0 saturated carbocycles. The summed E-state index contributed by atoms with van der Waals surface area (Å²) in [6.07, 6.45) is 2.30. The second kappa shape index (κ2) is 8.54. The number of aliphatic hydroxyl groups excluding tert-OH is 1. The second-order valence-electron chi connectivity index (χ2n) is 6.78. The van der Waals surface area contributed by atoms with Crippen molar-refractivity contribution in [2.45, 2.75) is 59.9 Å². The number of carbonyl (C=O) groups excluding carboxylic acids is 1. The molecule has 0 saturated heterocycles. The van der Waals surface area contributed by atoms with E-state index in [0.29, 0.717) is 18.9 Å². The van der Waals surface area contributed by atoms with Gasteiger partial charge < -0.3 is 16.2 Å². The van der Waals surface area contributed by atoms with Gasteiger partial charge in [-0.1, -0.05) is 34.6 Å². The third-order valence-electron chi connectivity index (χ3n) is 3.81. The highest BCUT2D eigenvalue weighted by Gasteiger charge is 2.25. The molecule has 0 rings (SSSR count). The maximum Gasteiger partial charge on any atom is 0.220 e. The molecule has 19 heavy (non-hydrogen) atoms. The number of carbonyl (C=O) groups is 1. The number of hydrogen-bond donors (Lipinski definition) is 3. The van der Waals surface area contributed by atoms with Gasteiger partial charge >= 0.3 is 0 Å². The predicted octanol–water partition coefficient (Wildman–Crippen LogP) is 1.91. The van der Waals surface area contributed by atoms with Crippen LogP contribution in [0.25, 0.3) is 0 Å². The molecule has 0 radical (unpaired) electrons. The van der Waals surface area contributed by atoms with Crippen LogP contribution in [0.15, 0.2) is 0 Å². The first-order valence-electron chi connectivity index (χ1n) is 7.32. The lowest BCUT2D eigenvalue weighted by Crippen LogP contribution is -2.41. The van der Waals surface area contributed by atoms with Crippen LogP contribution in [0, 0.1) is 17.3 Å². The molecule has 114 valence electrons. The molecule has 4 nitrogen and oxygen atoms in total. The Morgan fingerprint density at radius 2 is 1.84 bits per heavy atom. The quantitative estimate of drug-likeness (QED) is 0.632. The summed E-state index contributed by atoms with van der Waals surface area (Å²) in [6.45, 7) is 11.2. The van der Waals surface area contributed by atoms with Gasteiger partial charge in [-0.3, -0.25) is 4.79 Å². The zero-order valence-electron chi connectivity index (χ0n) is 13.2. The van der Waals surface area contributed by atoms with Crippen molar-refractivity contribution in [1.29, 1.82) is 0 Å². The SMILES string of the molecule is CC(C)[C@@H](CO)NC(=O)CCC(CCN)C(C)(C)C. The number of rotatable bonds is 8. The first kappa shape index (κ1) is 18.4. The predicted molar refractivity (Wildman–Crippen MR) is 79.7 cm³/mol. The van der Waals surface area contributed by atoms with Crippen LogP contribution in [0.2, 0.25) is 0 Å². The van der Waals surface area contributed by atoms with E-state index >= 15 is 0 Å². The van der Waals surface area contributed by atoms with Gasteiger partial charge in [0.2, 0.25) is 5.91 Å². The Bertz CT molecular complexity index is 259. The highest BCUT2D eigenvalue weighted by molar-refractivity contribution is 5.76. The van der Waals surface area contributed by atoms with Gasteiger partial charge in [-0.05, 0) is 36.6 Å². The van der Waals surface area contributed by atoms with E-state index in [4.69, 9.17) is 5.73 Å². The van der Waals surface area contributed by atoms with E-state index in [-0.39, 0.29) is 29.9 Å². The maximum absolute atomic E-state index is 11.9. The maximum atomic E-state index is 11.9. The van der Waals surface area contributed by atoms with Gasteiger partial charge in [-0.2, -0.15) is 0 Å². The molecule has 0 aromatic heterocycles. The molecule has 1 amide bonds. The van der Waals surface area contributed by atoms with Crippen molar-refractivity contribution >= 4 is 5.91 Å². The third kappa shape index (κ3) is 7.53. The van der Waals surface area contributed by atoms with E-state index in [1.54, 1.807) is 0 Å². The summed E-state index contributed by atoms with van der Waals surface area (Å²) >= 11 is 0. The van der Waals surface area contributed by atoms with Gasteiger partial charge in [0.25, 0.3) is 0 Å². The zero-order valence-corrected chi connectivity index (χ0v) is 13.2. The molecule has 0 heterocycles. The van der Waals surface area contributed by atoms with Crippen molar-refractivity contribution in [2.75, 3.05) is 13.2 Å². The highest BCUT2D eigenvalue weighted by Crippen LogP contribution is 2.32. The van der Waals surface area contributed by atoms with E-state index in [9.17, 15) is 9.90 Å². The lowest BCUT2D eigenvalue weighted by atomic mass is 9.76. The van der Waals surface area contributed by atoms with Gasteiger partial charge in [-0.15, -0.1) is 0 Å². The number of aliphatic hydroxyl groups is 1. The molecule has 0 aliphatic rings. The van der Waals surface area contributed by atoms with Crippen molar-refractivity contribution < 1.29 is 9.90 Å². The molecule has 0 aromatic rings. The van der Waals surface area contributed by atoms with Gasteiger partial charge in [0, 0.05) is 6.42 Å². The Balaban J connectivity index is 4.26. The van der Waals surface area contributed by atoms with Crippen molar-refractivity contribution in [3.63, 3.8) is 0 Å². The highest BCUT2D eigenvalue weighted by atomic mass is 16.3. The fourth-order valence-electron chi connectivity index (χ4n) is 2.22. The average molecular weight is 272 g/mol. The van der Waals surface area contributed by atoms with E-state index in [0.717, 1.165) is 12.8 Å². The number of amides is 1. The van der Waals surface area contributed by atoms with Crippen LogP contribution in [-0.2, 0) is 4.79 Å². The summed E-state index contributed by atoms with van der Waals surface area (Å²) in [6, 6.07) is -0.143. The molecule has 0 aliphatic heterocycles. The molecule has 4 heteroatoms. The Kier molecular flexibility index (Phi) is 8.26. The van der Waals surface area contributed by atoms with Crippen molar-refractivity contribution in [3.05, 3.63) is 0 Å². The second-order valence-corrected chi connectivity index (χ2v) is 6.78. The van der Waals surface area contributed by atoms with Crippen LogP contribution in [0.4, 0.5) is 0 Å². The summed E-state index contributed by atoms with van der Waals surface area (Å²) in [5, 5.41) is 12.1. The summed E-state index contributed by atoms with van der Waals surface area (Å²) in [5.74, 6) is 0.727. The molecular weight excluding hydrogens is 240 g/mol.